The van der Waals surface area contributed by atoms with Crippen LogP contribution in [-0.4, -0.2) is 53.1 Å². The molecule has 1 saturated heterocycles. The first-order valence-electron chi connectivity index (χ1n) is 12.7. The molecule has 1 aromatic heterocycles. The molecule has 1 fully saturated rings. The fourth-order valence-corrected chi connectivity index (χ4v) is 5.47. The van der Waals surface area contributed by atoms with Crippen LogP contribution in [0.1, 0.15) is 45.8 Å². The molecule has 2 heterocycles. The number of hydrogen-bond donors (Lipinski definition) is 3. The normalized spacial score (nSPS) is 22.9. The Balaban J connectivity index is 1.70. The second-order valence-electron chi connectivity index (χ2n) is 9.12. The van der Waals surface area contributed by atoms with Gasteiger partial charge in [0.15, 0.2) is 0 Å². The summed E-state index contributed by atoms with van der Waals surface area (Å²) >= 11 is 0. The number of unbranched alkanes of at least 4 members (excludes halogenated alkanes) is 1. The number of esters is 1. The number of H-pyrrole nitrogens is 1. The van der Waals surface area contributed by atoms with Crippen molar-refractivity contribution in [1.29, 1.82) is 0 Å². The highest BCUT2D eigenvalue weighted by atomic mass is 31.2. The van der Waals surface area contributed by atoms with Crippen LogP contribution in [0, 0.1) is 11.8 Å². The number of hydrogen-bond acceptors (Lipinski definition) is 9. The second kappa shape index (κ2) is 14.4. The van der Waals surface area contributed by atoms with Gasteiger partial charge in [-0.3, -0.25) is 23.7 Å². The number of benzene rings is 1. The minimum absolute atomic E-state index is 0.0433. The van der Waals surface area contributed by atoms with Crippen molar-refractivity contribution in [3.8, 4) is 5.75 Å². The van der Waals surface area contributed by atoms with E-state index in [1.54, 1.807) is 37.3 Å². The molecule has 5 atom stereocenters. The molecule has 5 unspecified atom stereocenters. The summed E-state index contributed by atoms with van der Waals surface area (Å²) in [6.45, 7) is 3.50. The van der Waals surface area contributed by atoms with E-state index in [-0.39, 0.29) is 38.2 Å². The van der Waals surface area contributed by atoms with Crippen molar-refractivity contribution >= 4 is 13.7 Å². The van der Waals surface area contributed by atoms with Gasteiger partial charge in [0.1, 0.15) is 18.5 Å². The Bertz CT molecular complexity index is 1190. The molecule has 0 bridgehead atoms. The minimum atomic E-state index is -4.00. The monoisotopic (exact) mass is 553 g/mol. The zero-order chi connectivity index (χ0) is 27.5. The zero-order valence-electron chi connectivity index (χ0n) is 21.6. The Morgan fingerprint density at radius 2 is 2.00 bits per heavy atom. The van der Waals surface area contributed by atoms with Gasteiger partial charge in [0.2, 0.25) is 0 Å². The van der Waals surface area contributed by atoms with Gasteiger partial charge in [0.25, 0.3) is 5.56 Å². The summed E-state index contributed by atoms with van der Waals surface area (Å²) in [5, 5.41) is 12.2. The average Bonchev–Trinajstić information content (AvgIpc) is 2.89. The number of aromatic nitrogens is 2. The Morgan fingerprint density at radius 1 is 1.24 bits per heavy atom. The highest BCUT2D eigenvalue weighted by Crippen LogP contribution is 2.46. The van der Waals surface area contributed by atoms with E-state index in [9.17, 15) is 24.1 Å². The van der Waals surface area contributed by atoms with Crippen molar-refractivity contribution < 1.29 is 33.0 Å². The largest absolute Gasteiger partial charge is 0.465 e. The van der Waals surface area contributed by atoms with E-state index < -0.39 is 37.3 Å². The van der Waals surface area contributed by atoms with Crippen LogP contribution in [0.2, 0.25) is 0 Å². The third-order valence-corrected chi connectivity index (χ3v) is 7.74. The van der Waals surface area contributed by atoms with E-state index in [2.05, 4.69) is 10.1 Å². The molecule has 13 heteroatoms. The first-order valence-corrected chi connectivity index (χ1v) is 14.3. The maximum Gasteiger partial charge on any atom is 0.459 e. The predicted octanol–water partition coefficient (Wildman–Crippen LogP) is 2.60. The average molecular weight is 554 g/mol. The molecule has 2 aromatic rings. The van der Waals surface area contributed by atoms with Crippen molar-refractivity contribution in [3.63, 3.8) is 0 Å². The number of nitrogens with zero attached hydrogens (tertiary/aromatic N) is 1. The Hall–Kier alpha value is -2.76. The van der Waals surface area contributed by atoms with Gasteiger partial charge in [-0.25, -0.2) is 14.4 Å². The van der Waals surface area contributed by atoms with Crippen LogP contribution in [0.25, 0.3) is 0 Å². The molecule has 0 radical (unpaired) electrons. The van der Waals surface area contributed by atoms with Gasteiger partial charge in [0, 0.05) is 30.7 Å². The van der Waals surface area contributed by atoms with Crippen molar-refractivity contribution in [2.45, 2.75) is 51.9 Å². The molecule has 0 aliphatic carbocycles. The van der Waals surface area contributed by atoms with E-state index in [4.69, 9.17) is 18.5 Å². The molecule has 0 amide bonds. The van der Waals surface area contributed by atoms with Crippen molar-refractivity contribution in [1.82, 2.24) is 14.6 Å². The molecule has 38 heavy (non-hydrogen) atoms. The first kappa shape index (κ1) is 29.8. The summed E-state index contributed by atoms with van der Waals surface area (Å²) < 4.78 is 37.6. The molecule has 1 aliphatic heterocycles. The molecule has 1 aliphatic rings. The third-order valence-electron chi connectivity index (χ3n) is 6.26. The number of ether oxygens (including phenoxy) is 2. The highest BCUT2D eigenvalue weighted by Gasteiger charge is 2.39. The first-order chi connectivity index (χ1) is 18.2. The Morgan fingerprint density at radius 3 is 2.68 bits per heavy atom. The number of rotatable bonds is 14. The molecule has 12 nitrogen and oxygen atoms in total. The summed E-state index contributed by atoms with van der Waals surface area (Å²) in [5.74, 6) is -0.839. The van der Waals surface area contributed by atoms with Gasteiger partial charge < -0.3 is 19.1 Å². The molecular weight excluding hydrogens is 517 g/mol. The minimum Gasteiger partial charge on any atom is -0.465 e. The van der Waals surface area contributed by atoms with Crippen molar-refractivity contribution in [2.75, 3.05) is 26.4 Å². The molecule has 210 valence electrons. The summed E-state index contributed by atoms with van der Waals surface area (Å²) in [5.41, 5.74) is -1.13. The van der Waals surface area contributed by atoms with Crippen LogP contribution in [0.4, 0.5) is 0 Å². The van der Waals surface area contributed by atoms with Gasteiger partial charge in [-0.05, 0) is 38.3 Å². The zero-order valence-corrected chi connectivity index (χ0v) is 22.5. The van der Waals surface area contributed by atoms with Gasteiger partial charge in [-0.2, -0.15) is 0 Å². The van der Waals surface area contributed by atoms with Crippen LogP contribution in [0.5, 0.6) is 5.75 Å². The smallest absolute Gasteiger partial charge is 0.459 e. The number of nitrogens with one attached hydrogen (secondary N) is 2. The number of carbonyl (C=O) groups is 1. The number of aliphatic hydroxyl groups is 1. The van der Waals surface area contributed by atoms with Crippen LogP contribution in [0.3, 0.4) is 0 Å². The lowest BCUT2D eigenvalue weighted by atomic mass is 9.85. The maximum atomic E-state index is 13.6. The van der Waals surface area contributed by atoms with Crippen molar-refractivity contribution in [2.24, 2.45) is 11.8 Å². The van der Waals surface area contributed by atoms with Gasteiger partial charge in [-0.1, -0.05) is 31.5 Å². The third kappa shape index (κ3) is 8.64. The number of carbonyl (C=O) groups excluding carboxylic acids is 1. The number of para-hydroxylation sites is 1. The lowest BCUT2D eigenvalue weighted by Gasteiger charge is -2.41. The van der Waals surface area contributed by atoms with E-state index in [1.807, 2.05) is 6.92 Å². The quantitative estimate of drug-likeness (QED) is 0.180. The van der Waals surface area contributed by atoms with Crippen LogP contribution in [0.15, 0.2) is 52.2 Å². The lowest BCUT2D eigenvalue weighted by Crippen LogP contribution is -2.44. The highest BCUT2D eigenvalue weighted by molar-refractivity contribution is 7.52. The Labute approximate surface area is 220 Å². The van der Waals surface area contributed by atoms with Crippen molar-refractivity contribution in [3.05, 3.63) is 63.4 Å². The topological polar surface area (TPSA) is 158 Å². The molecule has 1 aromatic carbocycles. The lowest BCUT2D eigenvalue weighted by molar-refractivity contribution is -0.155. The fraction of sp³-hybridized carbons (Fsp3) is 0.560. The van der Waals surface area contributed by atoms with Crippen LogP contribution >= 0.6 is 7.75 Å². The van der Waals surface area contributed by atoms with E-state index in [1.165, 1.54) is 16.8 Å². The number of aromatic amines is 1. The summed E-state index contributed by atoms with van der Waals surface area (Å²) in [6, 6.07) is 9.68. The summed E-state index contributed by atoms with van der Waals surface area (Å²) in [6.07, 6.45) is 2.63. The molecule has 3 rings (SSSR count). The predicted molar refractivity (Wildman–Crippen MR) is 139 cm³/mol. The molecule has 3 N–H and O–H groups in total. The van der Waals surface area contributed by atoms with Crippen LogP contribution in [-0.2, 0) is 23.4 Å². The maximum absolute atomic E-state index is 13.6. The summed E-state index contributed by atoms with van der Waals surface area (Å²) in [4.78, 5) is 38.2. The SMILES string of the molecule is CCCCOC(=O)CNP(=O)(OCC1CC(CCO)C(n2ccc(=O)[nH]c2=O)OC1C)Oc1ccccc1. The molecule has 0 spiro atoms. The second-order valence-corrected chi connectivity index (χ2v) is 10.9. The molecule has 0 saturated carbocycles. The van der Waals surface area contributed by atoms with Gasteiger partial charge in [0.05, 0.1) is 19.3 Å². The number of aliphatic hydroxyl groups excluding tert-OH is 1. The van der Waals surface area contributed by atoms with E-state index in [0.717, 1.165) is 12.8 Å². The standard InChI is InChI=1S/C25H36N3O9P/c1-3-4-14-34-23(31)16-26-38(33,37-21-8-6-5-7-9-21)35-17-20-15-19(11-13-29)24(36-18(20)2)28-12-10-22(30)27-25(28)32/h5-10,12,18-20,24,29H,3-4,11,13-17H2,1-2H3,(H,26,33)(H,27,30,32). The van der Waals surface area contributed by atoms with Gasteiger partial charge in [-0.15, -0.1) is 0 Å². The Kier molecular flexibility index (Phi) is 11.3. The fourth-order valence-electron chi connectivity index (χ4n) is 4.15. The van der Waals surface area contributed by atoms with E-state index >= 15 is 0 Å². The van der Waals surface area contributed by atoms with Crippen LogP contribution < -0.4 is 20.9 Å². The van der Waals surface area contributed by atoms with Gasteiger partial charge >= 0.3 is 19.4 Å². The van der Waals surface area contributed by atoms with E-state index in [0.29, 0.717) is 18.6 Å². The summed E-state index contributed by atoms with van der Waals surface area (Å²) in [7, 11) is -4.00. The molecular formula is C25H36N3O9P.